The molecule has 0 aliphatic rings. The normalized spacial score (nSPS) is 12.0. The molecule has 0 saturated heterocycles. The quantitative estimate of drug-likeness (QED) is 0.340. The molecule has 0 aliphatic carbocycles. The third kappa shape index (κ3) is 5.43. The van der Waals surface area contributed by atoms with Crippen LogP contribution in [0.1, 0.15) is 59.7 Å². The third-order valence-electron chi connectivity index (χ3n) is 5.74. The Morgan fingerprint density at radius 3 is 2.38 bits per heavy atom. The first-order chi connectivity index (χ1) is 16.4. The summed E-state index contributed by atoms with van der Waals surface area (Å²) in [5.74, 6) is -0.187. The smallest absolute Gasteiger partial charge is 0.274 e. The zero-order valence-electron chi connectivity index (χ0n) is 20.2. The molecule has 0 saturated carbocycles. The predicted molar refractivity (Wildman–Crippen MR) is 139 cm³/mol. The van der Waals surface area contributed by atoms with Crippen LogP contribution in [0.15, 0.2) is 84.9 Å². The van der Waals surface area contributed by atoms with Crippen LogP contribution in [0.3, 0.4) is 0 Å². The molecule has 4 aromatic rings. The molecule has 1 heterocycles. The van der Waals surface area contributed by atoms with Crippen molar-refractivity contribution in [2.24, 2.45) is 0 Å². The van der Waals surface area contributed by atoms with Crippen LogP contribution in [0.2, 0.25) is 0 Å². The van der Waals surface area contributed by atoms with Crippen LogP contribution >= 0.6 is 0 Å². The molecule has 1 unspecified atom stereocenters. The predicted octanol–water partition coefficient (Wildman–Crippen LogP) is 6.08. The summed E-state index contributed by atoms with van der Waals surface area (Å²) in [5.41, 5.74) is 6.43. The Labute approximate surface area is 201 Å². The number of carbonyl (C=O) groups is 1. The largest absolute Gasteiger partial charge is 0.321 e. The maximum atomic E-state index is 13.3. The number of aromatic nitrogens is 2. The molecular weight excluding hydrogens is 420 g/mol. The Kier molecular flexibility index (Phi) is 7.24. The van der Waals surface area contributed by atoms with Gasteiger partial charge in [0.05, 0.1) is 17.4 Å². The zero-order valence-corrected chi connectivity index (χ0v) is 20.2. The Hall–Kier alpha value is -3.70. The maximum absolute atomic E-state index is 13.3. The second kappa shape index (κ2) is 10.5. The number of amides is 1. The van der Waals surface area contributed by atoms with E-state index < -0.39 is 0 Å². The first-order valence-electron chi connectivity index (χ1n) is 11.8. The van der Waals surface area contributed by atoms with Crippen LogP contribution in [0, 0.1) is 6.92 Å². The molecule has 0 spiro atoms. The van der Waals surface area contributed by atoms with E-state index in [0.717, 1.165) is 29.1 Å². The van der Waals surface area contributed by atoms with Crippen molar-refractivity contribution in [3.05, 3.63) is 113 Å². The number of anilines is 1. The van der Waals surface area contributed by atoms with Gasteiger partial charge in [0.25, 0.3) is 5.91 Å². The van der Waals surface area contributed by atoms with E-state index in [4.69, 9.17) is 0 Å². The van der Waals surface area contributed by atoms with Gasteiger partial charge in [-0.15, -0.1) is 0 Å². The highest BCUT2D eigenvalue weighted by Gasteiger charge is 2.18. The van der Waals surface area contributed by atoms with Crippen molar-refractivity contribution in [1.29, 1.82) is 0 Å². The Morgan fingerprint density at radius 1 is 0.912 bits per heavy atom. The van der Waals surface area contributed by atoms with Crippen molar-refractivity contribution in [1.82, 2.24) is 15.1 Å². The molecule has 3 aromatic carbocycles. The fourth-order valence-corrected chi connectivity index (χ4v) is 4.12. The summed E-state index contributed by atoms with van der Waals surface area (Å²) in [6.45, 7) is 8.29. The molecule has 34 heavy (non-hydrogen) atoms. The molecule has 1 atom stereocenters. The first-order valence-corrected chi connectivity index (χ1v) is 11.8. The van der Waals surface area contributed by atoms with Crippen LogP contribution < -0.4 is 10.6 Å². The highest BCUT2D eigenvalue weighted by atomic mass is 16.2. The summed E-state index contributed by atoms with van der Waals surface area (Å²) in [4.78, 5) is 13.3. The maximum Gasteiger partial charge on any atom is 0.274 e. The minimum Gasteiger partial charge on any atom is -0.321 e. The van der Waals surface area contributed by atoms with Crippen LogP contribution in [-0.4, -0.2) is 21.7 Å². The summed E-state index contributed by atoms with van der Waals surface area (Å²) in [7, 11) is 0. The lowest BCUT2D eigenvalue weighted by Gasteiger charge is -2.23. The third-order valence-corrected chi connectivity index (χ3v) is 5.74. The molecule has 0 radical (unpaired) electrons. The lowest BCUT2D eigenvalue weighted by Crippen LogP contribution is -2.29. The fourth-order valence-electron chi connectivity index (χ4n) is 4.12. The molecule has 5 heteroatoms. The van der Waals surface area contributed by atoms with Gasteiger partial charge in [-0.2, -0.15) is 5.10 Å². The Balaban J connectivity index is 1.62. The molecule has 174 valence electrons. The van der Waals surface area contributed by atoms with E-state index in [1.54, 1.807) is 4.68 Å². The fraction of sp³-hybridized carbons (Fsp3) is 0.241. The number of carbonyl (C=O) groups excluding carboxylic acids is 1. The number of benzene rings is 3. The molecular formula is C29H32N4O. The molecule has 5 nitrogen and oxygen atoms in total. The van der Waals surface area contributed by atoms with Crippen molar-refractivity contribution in [3.63, 3.8) is 0 Å². The van der Waals surface area contributed by atoms with Crippen molar-refractivity contribution >= 4 is 11.6 Å². The van der Waals surface area contributed by atoms with E-state index in [1.165, 1.54) is 11.1 Å². The SMILES string of the molecule is CCc1cccc(-n2nc(C)cc2C(=O)Nc2cccc(C(NC(C)C)c3ccccc3)c2)c1. The second-order valence-corrected chi connectivity index (χ2v) is 8.85. The van der Waals surface area contributed by atoms with Crippen molar-refractivity contribution in [3.8, 4) is 5.69 Å². The van der Waals surface area contributed by atoms with Gasteiger partial charge in [0.15, 0.2) is 0 Å². The summed E-state index contributed by atoms with van der Waals surface area (Å²) < 4.78 is 1.72. The van der Waals surface area contributed by atoms with Gasteiger partial charge in [-0.3, -0.25) is 4.79 Å². The molecule has 4 rings (SSSR count). The molecule has 0 aliphatic heterocycles. The van der Waals surface area contributed by atoms with Gasteiger partial charge in [-0.05, 0) is 74.2 Å². The van der Waals surface area contributed by atoms with E-state index >= 15 is 0 Å². The highest BCUT2D eigenvalue weighted by molar-refractivity contribution is 6.03. The monoisotopic (exact) mass is 452 g/mol. The number of rotatable bonds is 8. The molecule has 0 bridgehead atoms. The minimum atomic E-state index is -0.187. The Bertz CT molecular complexity index is 1260. The standard InChI is InChI=1S/C29H32N4O/c1-5-22-11-9-16-26(18-22)33-27(17-21(4)32-33)29(34)31-25-15-10-14-24(19-25)28(30-20(2)3)23-12-7-6-8-13-23/h6-20,28,30H,5H2,1-4H3,(H,31,34). The summed E-state index contributed by atoms with van der Waals surface area (Å²) >= 11 is 0. The van der Waals surface area contributed by atoms with Crippen LogP contribution in [-0.2, 0) is 6.42 Å². The summed E-state index contributed by atoms with van der Waals surface area (Å²) in [6.07, 6.45) is 0.926. The van der Waals surface area contributed by atoms with E-state index in [2.05, 4.69) is 66.8 Å². The average Bonchev–Trinajstić information content (AvgIpc) is 3.25. The average molecular weight is 453 g/mol. The number of hydrogen-bond acceptors (Lipinski definition) is 3. The number of nitrogens with one attached hydrogen (secondary N) is 2. The number of hydrogen-bond donors (Lipinski definition) is 2. The first kappa shape index (κ1) is 23.5. The van der Waals surface area contributed by atoms with E-state index in [-0.39, 0.29) is 11.9 Å². The van der Waals surface area contributed by atoms with E-state index in [0.29, 0.717) is 11.7 Å². The van der Waals surface area contributed by atoms with Gasteiger partial charge in [0.2, 0.25) is 0 Å². The van der Waals surface area contributed by atoms with E-state index in [9.17, 15) is 4.79 Å². The lowest BCUT2D eigenvalue weighted by molar-refractivity contribution is 0.101. The van der Waals surface area contributed by atoms with Gasteiger partial charge >= 0.3 is 0 Å². The van der Waals surface area contributed by atoms with Crippen molar-refractivity contribution in [2.45, 2.75) is 46.2 Å². The second-order valence-electron chi connectivity index (χ2n) is 8.85. The molecule has 0 fully saturated rings. The van der Waals surface area contributed by atoms with Crippen molar-refractivity contribution in [2.75, 3.05) is 5.32 Å². The summed E-state index contributed by atoms with van der Waals surface area (Å²) in [5, 5.41) is 11.3. The van der Waals surface area contributed by atoms with Gasteiger partial charge in [0, 0.05) is 11.7 Å². The molecule has 1 aromatic heterocycles. The number of aryl methyl sites for hydroxylation is 2. The van der Waals surface area contributed by atoms with E-state index in [1.807, 2.05) is 61.5 Å². The minimum absolute atomic E-state index is 0.0302. The van der Waals surface area contributed by atoms with Gasteiger partial charge in [-0.1, -0.05) is 61.5 Å². The van der Waals surface area contributed by atoms with Crippen molar-refractivity contribution < 1.29 is 4.79 Å². The van der Waals surface area contributed by atoms with Crippen LogP contribution in [0.5, 0.6) is 0 Å². The number of nitrogens with zero attached hydrogens (tertiary/aromatic N) is 2. The molecule has 2 N–H and O–H groups in total. The Morgan fingerprint density at radius 2 is 1.65 bits per heavy atom. The van der Waals surface area contributed by atoms with Gasteiger partial charge < -0.3 is 10.6 Å². The van der Waals surface area contributed by atoms with Gasteiger partial charge in [0.1, 0.15) is 5.69 Å². The van der Waals surface area contributed by atoms with Gasteiger partial charge in [-0.25, -0.2) is 4.68 Å². The molecule has 1 amide bonds. The highest BCUT2D eigenvalue weighted by Crippen LogP contribution is 2.25. The summed E-state index contributed by atoms with van der Waals surface area (Å²) in [6, 6.07) is 28.7. The van der Waals surface area contributed by atoms with Crippen LogP contribution in [0.25, 0.3) is 5.69 Å². The zero-order chi connectivity index (χ0) is 24.1. The lowest BCUT2D eigenvalue weighted by atomic mass is 9.97. The topological polar surface area (TPSA) is 59.0 Å². The van der Waals surface area contributed by atoms with Crippen LogP contribution in [0.4, 0.5) is 5.69 Å².